The molecule has 0 saturated heterocycles. The minimum atomic E-state index is -0.143. The van der Waals surface area contributed by atoms with Gasteiger partial charge in [0.15, 0.2) is 0 Å². The lowest BCUT2D eigenvalue weighted by atomic mass is 10.2. The maximum atomic E-state index is 11.7. The van der Waals surface area contributed by atoms with Gasteiger partial charge in [-0.05, 0) is 30.7 Å². The minimum Gasteiger partial charge on any atom is -0.399 e. The van der Waals surface area contributed by atoms with Crippen LogP contribution in [0.3, 0.4) is 0 Å². The number of carbonyl (C=O) groups is 1. The topological polar surface area (TPSA) is 72.9 Å². The normalized spacial score (nSPS) is 10.9. The zero-order chi connectivity index (χ0) is 14.5. The first kappa shape index (κ1) is 13.9. The van der Waals surface area contributed by atoms with Gasteiger partial charge in [0.25, 0.3) is 0 Å². The monoisotopic (exact) mass is 270 g/mol. The maximum Gasteiger partial charge on any atom is 0.244 e. The van der Waals surface area contributed by atoms with E-state index in [1.54, 1.807) is 10.8 Å². The molecule has 0 saturated carbocycles. The van der Waals surface area contributed by atoms with E-state index in [2.05, 4.69) is 10.4 Å². The molecule has 0 spiro atoms. The van der Waals surface area contributed by atoms with Crippen LogP contribution in [0.2, 0.25) is 0 Å². The van der Waals surface area contributed by atoms with E-state index in [0.29, 0.717) is 12.2 Å². The van der Waals surface area contributed by atoms with E-state index in [1.807, 2.05) is 44.4 Å². The van der Waals surface area contributed by atoms with Crippen molar-refractivity contribution in [1.82, 2.24) is 15.1 Å². The summed E-state index contributed by atoms with van der Waals surface area (Å²) in [5.74, 6) is -0.143. The van der Waals surface area contributed by atoms with E-state index in [4.69, 9.17) is 5.73 Å². The molecular weight excluding hydrogens is 252 g/mol. The number of anilines is 1. The van der Waals surface area contributed by atoms with Crippen molar-refractivity contribution in [2.24, 2.45) is 7.05 Å². The molecule has 0 radical (unpaired) electrons. The number of nitrogen functional groups attached to an aromatic ring is 1. The predicted molar refractivity (Wildman–Crippen MR) is 79.7 cm³/mol. The van der Waals surface area contributed by atoms with Crippen molar-refractivity contribution in [1.29, 1.82) is 0 Å². The summed E-state index contributed by atoms with van der Waals surface area (Å²) in [6.07, 6.45) is 5.14. The fourth-order valence-corrected chi connectivity index (χ4v) is 1.90. The molecule has 0 unspecified atom stereocenters. The van der Waals surface area contributed by atoms with E-state index >= 15 is 0 Å². The van der Waals surface area contributed by atoms with Crippen LogP contribution in [-0.4, -0.2) is 15.7 Å². The lowest BCUT2D eigenvalue weighted by Gasteiger charge is -2.00. The number of carbonyl (C=O) groups excluding carboxylic acids is 1. The smallest absolute Gasteiger partial charge is 0.244 e. The molecule has 1 amide bonds. The Hall–Kier alpha value is -2.56. The van der Waals surface area contributed by atoms with Crippen molar-refractivity contribution in [3.05, 3.63) is 53.4 Å². The molecule has 0 aliphatic heterocycles. The Kier molecular flexibility index (Phi) is 4.20. The number of amides is 1. The first-order chi connectivity index (χ1) is 9.54. The molecule has 20 heavy (non-hydrogen) atoms. The van der Waals surface area contributed by atoms with Crippen molar-refractivity contribution in [2.45, 2.75) is 13.5 Å². The fourth-order valence-electron chi connectivity index (χ4n) is 1.90. The molecule has 0 fully saturated rings. The molecule has 0 bridgehead atoms. The summed E-state index contributed by atoms with van der Waals surface area (Å²) >= 11 is 0. The van der Waals surface area contributed by atoms with Crippen LogP contribution in [0, 0.1) is 6.92 Å². The third-order valence-electron chi connectivity index (χ3n) is 2.91. The average molecular weight is 270 g/mol. The third kappa shape index (κ3) is 3.71. The van der Waals surface area contributed by atoms with Crippen LogP contribution >= 0.6 is 0 Å². The number of rotatable bonds is 4. The predicted octanol–water partition coefficient (Wildman–Crippen LogP) is 1.64. The fraction of sp³-hybridized carbons (Fsp3) is 0.200. The van der Waals surface area contributed by atoms with Gasteiger partial charge in [-0.2, -0.15) is 5.10 Å². The average Bonchev–Trinajstić information content (AvgIpc) is 2.72. The quantitative estimate of drug-likeness (QED) is 0.655. The van der Waals surface area contributed by atoms with Gasteiger partial charge < -0.3 is 11.1 Å². The number of hydrogen-bond acceptors (Lipinski definition) is 3. The van der Waals surface area contributed by atoms with Gasteiger partial charge >= 0.3 is 0 Å². The van der Waals surface area contributed by atoms with Crippen LogP contribution in [0.5, 0.6) is 0 Å². The Bertz CT molecular complexity index is 643. The Morgan fingerprint density at radius 2 is 2.30 bits per heavy atom. The highest BCUT2D eigenvalue weighted by atomic mass is 16.1. The summed E-state index contributed by atoms with van der Waals surface area (Å²) in [4.78, 5) is 11.7. The molecule has 3 N–H and O–H groups in total. The lowest BCUT2D eigenvalue weighted by Crippen LogP contribution is -2.20. The number of nitrogens with zero attached hydrogens (tertiary/aromatic N) is 2. The SMILES string of the molecule is Cc1nn(C)cc1CNC(=O)/C=C/c1cccc(N)c1. The summed E-state index contributed by atoms with van der Waals surface area (Å²) in [6, 6.07) is 7.37. The minimum absolute atomic E-state index is 0.143. The van der Waals surface area contributed by atoms with Crippen molar-refractivity contribution < 1.29 is 4.79 Å². The number of hydrogen-bond donors (Lipinski definition) is 2. The first-order valence-electron chi connectivity index (χ1n) is 6.35. The van der Waals surface area contributed by atoms with Gasteiger partial charge in [0.1, 0.15) is 0 Å². The molecule has 0 aliphatic rings. The van der Waals surface area contributed by atoms with Gasteiger partial charge in [-0.15, -0.1) is 0 Å². The summed E-state index contributed by atoms with van der Waals surface area (Å²) in [5, 5.41) is 7.05. The summed E-state index contributed by atoms with van der Waals surface area (Å²) in [7, 11) is 1.86. The highest BCUT2D eigenvalue weighted by Crippen LogP contribution is 2.08. The number of aromatic nitrogens is 2. The number of aryl methyl sites for hydroxylation is 2. The molecule has 2 aromatic rings. The Morgan fingerprint density at radius 3 is 2.95 bits per heavy atom. The van der Waals surface area contributed by atoms with E-state index < -0.39 is 0 Å². The second-order valence-electron chi connectivity index (χ2n) is 4.63. The molecule has 2 rings (SSSR count). The van der Waals surface area contributed by atoms with Gasteiger partial charge in [-0.1, -0.05) is 12.1 Å². The van der Waals surface area contributed by atoms with Crippen LogP contribution in [-0.2, 0) is 18.4 Å². The largest absolute Gasteiger partial charge is 0.399 e. The lowest BCUT2D eigenvalue weighted by molar-refractivity contribution is -0.116. The Labute approximate surface area is 118 Å². The van der Waals surface area contributed by atoms with Crippen molar-refractivity contribution in [3.63, 3.8) is 0 Å². The molecule has 104 valence electrons. The first-order valence-corrected chi connectivity index (χ1v) is 6.35. The van der Waals surface area contributed by atoms with Crippen molar-refractivity contribution in [2.75, 3.05) is 5.73 Å². The zero-order valence-electron chi connectivity index (χ0n) is 11.6. The van der Waals surface area contributed by atoms with Crippen LogP contribution < -0.4 is 11.1 Å². The number of nitrogens with two attached hydrogens (primary N) is 1. The summed E-state index contributed by atoms with van der Waals surface area (Å²) < 4.78 is 1.74. The summed E-state index contributed by atoms with van der Waals surface area (Å²) in [6.45, 7) is 2.39. The van der Waals surface area contributed by atoms with Gasteiger partial charge in [0.05, 0.1) is 5.69 Å². The molecule has 1 heterocycles. The van der Waals surface area contributed by atoms with Crippen molar-refractivity contribution >= 4 is 17.7 Å². The zero-order valence-corrected chi connectivity index (χ0v) is 11.6. The van der Waals surface area contributed by atoms with Crippen LogP contribution in [0.15, 0.2) is 36.5 Å². The van der Waals surface area contributed by atoms with Gasteiger partial charge in [0.2, 0.25) is 5.91 Å². The Balaban J connectivity index is 1.91. The van der Waals surface area contributed by atoms with Crippen LogP contribution in [0.1, 0.15) is 16.8 Å². The maximum absolute atomic E-state index is 11.7. The number of nitrogens with one attached hydrogen (secondary N) is 1. The third-order valence-corrected chi connectivity index (χ3v) is 2.91. The molecule has 0 aliphatic carbocycles. The second kappa shape index (κ2) is 6.06. The van der Waals surface area contributed by atoms with Gasteiger partial charge in [-0.3, -0.25) is 9.48 Å². The summed E-state index contributed by atoms with van der Waals surface area (Å²) in [5.41, 5.74) is 9.19. The Morgan fingerprint density at radius 1 is 1.50 bits per heavy atom. The standard InChI is InChI=1S/C15H18N4O/c1-11-13(10-19(2)18-11)9-17-15(20)7-6-12-4-3-5-14(16)8-12/h3-8,10H,9,16H2,1-2H3,(H,17,20)/b7-6+. The highest BCUT2D eigenvalue weighted by molar-refractivity contribution is 5.91. The highest BCUT2D eigenvalue weighted by Gasteiger charge is 2.03. The second-order valence-corrected chi connectivity index (χ2v) is 4.63. The van der Waals surface area contributed by atoms with E-state index in [9.17, 15) is 4.79 Å². The van der Waals surface area contributed by atoms with E-state index in [-0.39, 0.29) is 5.91 Å². The van der Waals surface area contributed by atoms with Gasteiger partial charge in [-0.25, -0.2) is 0 Å². The molecule has 1 aromatic carbocycles. The van der Waals surface area contributed by atoms with E-state index in [1.165, 1.54) is 6.08 Å². The molecular formula is C15H18N4O. The van der Waals surface area contributed by atoms with Gasteiger partial charge in [0, 0.05) is 37.1 Å². The van der Waals surface area contributed by atoms with E-state index in [0.717, 1.165) is 16.8 Å². The molecule has 5 heteroatoms. The van der Waals surface area contributed by atoms with Crippen molar-refractivity contribution in [3.8, 4) is 0 Å². The molecule has 1 aromatic heterocycles. The van der Waals surface area contributed by atoms with Crippen LogP contribution in [0.25, 0.3) is 6.08 Å². The number of benzene rings is 1. The molecule has 5 nitrogen and oxygen atoms in total. The molecule has 0 atom stereocenters. The van der Waals surface area contributed by atoms with Crippen LogP contribution in [0.4, 0.5) is 5.69 Å².